The molecule has 0 atom stereocenters. The van der Waals surface area contributed by atoms with E-state index in [1.165, 1.54) is 12.8 Å². The molecule has 4 aromatic heterocycles. The van der Waals surface area contributed by atoms with E-state index in [0.717, 1.165) is 63.8 Å². The topological polar surface area (TPSA) is 107 Å². The molecule has 1 aliphatic heterocycles. The van der Waals surface area contributed by atoms with Crippen LogP contribution in [0.5, 0.6) is 0 Å². The Morgan fingerprint density at radius 1 is 1.23 bits per heavy atom. The van der Waals surface area contributed by atoms with Gasteiger partial charge >= 0.3 is 0 Å². The lowest BCUT2D eigenvalue weighted by Gasteiger charge is -2.23. The highest BCUT2D eigenvalue weighted by atomic mass is 15.1. The van der Waals surface area contributed by atoms with Gasteiger partial charge < -0.3 is 15.6 Å². The van der Waals surface area contributed by atoms with Crippen molar-refractivity contribution in [3.05, 3.63) is 71.8 Å². The van der Waals surface area contributed by atoms with Crippen LogP contribution in [0.15, 0.2) is 55.6 Å². The van der Waals surface area contributed by atoms with Crippen LogP contribution < -0.4 is 21.2 Å². The number of aromatic amines is 2. The van der Waals surface area contributed by atoms with E-state index in [1.807, 2.05) is 43.6 Å². The molecule has 178 valence electrons. The van der Waals surface area contributed by atoms with Crippen molar-refractivity contribution in [3.63, 3.8) is 0 Å². The van der Waals surface area contributed by atoms with E-state index < -0.39 is 0 Å². The monoisotopic (exact) mass is 466 g/mol. The summed E-state index contributed by atoms with van der Waals surface area (Å²) >= 11 is 0. The summed E-state index contributed by atoms with van der Waals surface area (Å²) in [6.07, 6.45) is 12.7. The molecule has 0 amide bonds. The Morgan fingerprint density at radius 3 is 2.89 bits per heavy atom. The van der Waals surface area contributed by atoms with Crippen LogP contribution in [0, 0.1) is 5.92 Å². The van der Waals surface area contributed by atoms with Crippen LogP contribution >= 0.6 is 0 Å². The molecule has 35 heavy (non-hydrogen) atoms. The summed E-state index contributed by atoms with van der Waals surface area (Å²) in [6, 6.07) is 5.88. The van der Waals surface area contributed by atoms with Gasteiger partial charge in [0.2, 0.25) is 0 Å². The fourth-order valence-electron chi connectivity index (χ4n) is 4.50. The average Bonchev–Trinajstić information content (AvgIpc) is 3.48. The molecule has 4 N–H and O–H groups in total. The Morgan fingerprint density at radius 2 is 2.09 bits per heavy atom. The summed E-state index contributed by atoms with van der Waals surface area (Å²) < 4.78 is 0. The van der Waals surface area contributed by atoms with Crippen LogP contribution in [0.2, 0.25) is 0 Å². The molecule has 0 unspecified atom stereocenters. The third-order valence-electron chi connectivity index (χ3n) is 6.35. The fourth-order valence-corrected chi connectivity index (χ4v) is 4.50. The van der Waals surface area contributed by atoms with E-state index in [9.17, 15) is 0 Å². The number of nitrogens with one attached hydrogen (secondary N) is 4. The predicted molar refractivity (Wildman–Crippen MR) is 142 cm³/mol. The quantitative estimate of drug-likeness (QED) is 0.333. The lowest BCUT2D eigenvalue weighted by atomic mass is 9.93. The number of allylic oxidation sites excluding steroid dienone is 2. The first-order chi connectivity index (χ1) is 17.1. The highest BCUT2D eigenvalue weighted by Crippen LogP contribution is 2.23. The lowest BCUT2D eigenvalue weighted by molar-refractivity contribution is 0.373. The van der Waals surface area contributed by atoms with Crippen LogP contribution in [0.25, 0.3) is 40.4 Å². The normalized spacial score (nSPS) is 15.6. The minimum atomic E-state index is 0.657. The van der Waals surface area contributed by atoms with Crippen LogP contribution in [0.1, 0.15) is 31.7 Å². The third-order valence-corrected chi connectivity index (χ3v) is 6.35. The standard InChI is InChI=1S/C27H30N8/c1-4-23-22(25(35-34-23)27-32-24-6-5-9-30-26(24)33-27)12-17(2)20-14-21(16-29-15-20)31-18(3)13-19-7-10-28-11-8-19/h4-6,9,12,14-16,19,28,31,34H,2-3,7-8,10-11,13H2,1H3,(H,30,32,33)/b22-12+,23-4+. The third kappa shape index (κ3) is 5.07. The van der Waals surface area contributed by atoms with Crippen LogP contribution in [0.3, 0.4) is 0 Å². The van der Waals surface area contributed by atoms with Gasteiger partial charge in [0, 0.05) is 28.9 Å². The second-order valence-corrected chi connectivity index (χ2v) is 8.91. The highest BCUT2D eigenvalue weighted by Gasteiger charge is 2.15. The van der Waals surface area contributed by atoms with E-state index in [2.05, 4.69) is 60.0 Å². The number of rotatable bonds is 7. The molecule has 0 aromatic carbocycles. The molecule has 0 aliphatic carbocycles. The van der Waals surface area contributed by atoms with Crippen molar-refractivity contribution in [3.8, 4) is 11.5 Å². The number of fused-ring (bicyclic) bond motifs is 1. The van der Waals surface area contributed by atoms with E-state index in [4.69, 9.17) is 0 Å². The molecule has 0 radical (unpaired) electrons. The van der Waals surface area contributed by atoms with E-state index in [1.54, 1.807) is 6.20 Å². The Hall–Kier alpha value is -4.04. The van der Waals surface area contributed by atoms with Crippen molar-refractivity contribution >= 4 is 34.6 Å². The largest absolute Gasteiger partial charge is 0.358 e. The molecule has 8 nitrogen and oxygen atoms in total. The Balaban J connectivity index is 1.40. The van der Waals surface area contributed by atoms with Crippen molar-refractivity contribution in [2.24, 2.45) is 5.92 Å². The van der Waals surface area contributed by atoms with Gasteiger partial charge in [-0.3, -0.25) is 10.1 Å². The van der Waals surface area contributed by atoms with Crippen LogP contribution in [-0.2, 0) is 0 Å². The smallest absolute Gasteiger partial charge is 0.178 e. The Bertz CT molecular complexity index is 1450. The molecule has 0 spiro atoms. The van der Waals surface area contributed by atoms with Gasteiger partial charge in [0.15, 0.2) is 11.5 Å². The average molecular weight is 467 g/mol. The van der Waals surface area contributed by atoms with Crippen molar-refractivity contribution in [2.45, 2.75) is 26.2 Å². The van der Waals surface area contributed by atoms with Crippen molar-refractivity contribution in [1.29, 1.82) is 0 Å². The zero-order chi connectivity index (χ0) is 24.2. The SMILES string of the molecule is C=C(CC1CCNCC1)Nc1cncc(C(=C)/C=c2/c(-c3nc4ncccc4[nH]3)n[nH]/c2=C/C)c1. The predicted octanol–water partition coefficient (Wildman–Crippen LogP) is 3.35. The summed E-state index contributed by atoms with van der Waals surface area (Å²) in [4.78, 5) is 16.7. The number of hydrogen-bond donors (Lipinski definition) is 4. The molecule has 5 heterocycles. The van der Waals surface area contributed by atoms with Crippen molar-refractivity contribution < 1.29 is 0 Å². The van der Waals surface area contributed by atoms with Crippen LogP contribution in [0.4, 0.5) is 5.69 Å². The maximum atomic E-state index is 4.62. The first-order valence-corrected chi connectivity index (χ1v) is 11.9. The zero-order valence-electron chi connectivity index (χ0n) is 19.9. The van der Waals surface area contributed by atoms with E-state index >= 15 is 0 Å². The van der Waals surface area contributed by atoms with Crippen LogP contribution in [-0.4, -0.2) is 43.2 Å². The van der Waals surface area contributed by atoms with Gasteiger partial charge in [0.1, 0.15) is 5.69 Å². The van der Waals surface area contributed by atoms with Crippen molar-refractivity contribution in [1.82, 2.24) is 35.5 Å². The first-order valence-electron chi connectivity index (χ1n) is 11.9. The van der Waals surface area contributed by atoms with Gasteiger partial charge in [0.25, 0.3) is 0 Å². The summed E-state index contributed by atoms with van der Waals surface area (Å²) in [7, 11) is 0. The maximum Gasteiger partial charge on any atom is 0.178 e. The molecule has 1 aliphatic rings. The molecular weight excluding hydrogens is 436 g/mol. The molecule has 8 heteroatoms. The van der Waals surface area contributed by atoms with Crippen molar-refractivity contribution in [2.75, 3.05) is 18.4 Å². The summed E-state index contributed by atoms with van der Waals surface area (Å²) in [5.74, 6) is 1.33. The Labute approximate surface area is 204 Å². The van der Waals surface area contributed by atoms with Gasteiger partial charge in [0.05, 0.1) is 22.8 Å². The minimum absolute atomic E-state index is 0.657. The van der Waals surface area contributed by atoms with Gasteiger partial charge in [-0.05, 0) is 75.0 Å². The molecule has 1 fully saturated rings. The molecule has 1 saturated heterocycles. The lowest BCUT2D eigenvalue weighted by Crippen LogP contribution is -2.28. The number of aromatic nitrogens is 6. The van der Waals surface area contributed by atoms with Gasteiger partial charge in [-0.15, -0.1) is 0 Å². The van der Waals surface area contributed by atoms with E-state index in [-0.39, 0.29) is 0 Å². The fraction of sp³-hybridized carbons (Fsp3) is 0.259. The van der Waals surface area contributed by atoms with Gasteiger partial charge in [-0.2, -0.15) is 5.10 Å². The molecule has 5 rings (SSSR count). The number of anilines is 1. The molecule has 0 saturated carbocycles. The number of H-pyrrole nitrogens is 2. The zero-order valence-corrected chi connectivity index (χ0v) is 19.9. The number of hydrogen-bond acceptors (Lipinski definition) is 6. The number of piperidine rings is 1. The molecular formula is C27H30N8. The number of pyridine rings is 2. The minimum Gasteiger partial charge on any atom is -0.358 e. The molecule has 4 aromatic rings. The van der Waals surface area contributed by atoms with E-state index in [0.29, 0.717) is 17.4 Å². The first kappa shape index (κ1) is 22.7. The van der Waals surface area contributed by atoms with Gasteiger partial charge in [-0.25, -0.2) is 9.97 Å². The molecule has 0 bridgehead atoms. The second-order valence-electron chi connectivity index (χ2n) is 8.91. The Kier molecular flexibility index (Phi) is 6.54. The number of imidazole rings is 1. The second kappa shape index (κ2) is 10.1. The summed E-state index contributed by atoms with van der Waals surface area (Å²) in [6.45, 7) is 12.7. The summed E-state index contributed by atoms with van der Waals surface area (Å²) in [5, 5.41) is 16.3. The summed E-state index contributed by atoms with van der Waals surface area (Å²) in [5.41, 5.74) is 5.91. The maximum absolute atomic E-state index is 4.62. The number of nitrogens with zero attached hydrogens (tertiary/aromatic N) is 4. The highest BCUT2D eigenvalue weighted by molar-refractivity contribution is 5.88. The van der Waals surface area contributed by atoms with Gasteiger partial charge in [-0.1, -0.05) is 19.2 Å².